The highest BCUT2D eigenvalue weighted by atomic mass is 32.2. The Morgan fingerprint density at radius 2 is 2.00 bits per heavy atom. The van der Waals surface area contributed by atoms with Crippen LogP contribution in [0.3, 0.4) is 0 Å². The van der Waals surface area contributed by atoms with Gasteiger partial charge in [0, 0.05) is 6.54 Å². The molecular formula is C15H15F2N3O4S. The van der Waals surface area contributed by atoms with Crippen LogP contribution in [0.25, 0.3) is 0 Å². The van der Waals surface area contributed by atoms with Crippen molar-refractivity contribution in [1.29, 1.82) is 0 Å². The number of halogens is 2. The molecule has 0 bridgehead atoms. The second-order valence-corrected chi connectivity index (χ2v) is 7.27. The molecule has 1 atom stereocenters. The second-order valence-electron chi connectivity index (χ2n) is 5.37. The third kappa shape index (κ3) is 3.69. The second kappa shape index (κ2) is 6.89. The van der Waals surface area contributed by atoms with E-state index in [-0.39, 0.29) is 24.8 Å². The molecule has 0 spiro atoms. The molecule has 0 amide bonds. The predicted octanol–water partition coefficient (Wildman–Crippen LogP) is 1.61. The summed E-state index contributed by atoms with van der Waals surface area (Å²) in [5.41, 5.74) is 0. The highest BCUT2D eigenvalue weighted by Crippen LogP contribution is 2.26. The standard InChI is InChI=1S/C15H15F2N3O4S/c1-23-14-7-18-8-15(19-14)24-11-4-5-20(9-11)25(21,22)13-6-10(16)2-3-12(13)17/h2-3,6-8,11H,4-5,9H2,1H3. The number of methoxy groups -OCH3 is 1. The summed E-state index contributed by atoms with van der Waals surface area (Å²) < 4.78 is 63.8. The average Bonchev–Trinajstić information content (AvgIpc) is 3.06. The fourth-order valence-corrected chi connectivity index (χ4v) is 4.05. The maximum atomic E-state index is 13.8. The van der Waals surface area contributed by atoms with Gasteiger partial charge in [-0.05, 0) is 24.6 Å². The minimum absolute atomic E-state index is 0.00280. The Kier molecular flexibility index (Phi) is 4.82. The Labute approximate surface area is 143 Å². The SMILES string of the molecule is COc1cncc(OC2CCN(S(=O)(=O)c3cc(F)ccc3F)C2)n1. The third-order valence-corrected chi connectivity index (χ3v) is 5.59. The van der Waals surface area contributed by atoms with E-state index in [1.807, 2.05) is 0 Å². The largest absolute Gasteiger partial charge is 0.480 e. The van der Waals surface area contributed by atoms with E-state index >= 15 is 0 Å². The summed E-state index contributed by atoms with van der Waals surface area (Å²) >= 11 is 0. The molecule has 1 aromatic heterocycles. The lowest BCUT2D eigenvalue weighted by atomic mass is 10.3. The minimum Gasteiger partial charge on any atom is -0.480 e. The smallest absolute Gasteiger partial charge is 0.246 e. The Bertz CT molecular complexity index is 879. The molecule has 7 nitrogen and oxygen atoms in total. The van der Waals surface area contributed by atoms with Gasteiger partial charge in [-0.15, -0.1) is 0 Å². The van der Waals surface area contributed by atoms with Crippen LogP contribution in [-0.2, 0) is 10.0 Å². The fourth-order valence-electron chi connectivity index (χ4n) is 2.48. The molecule has 0 N–H and O–H groups in total. The van der Waals surface area contributed by atoms with Gasteiger partial charge in [-0.25, -0.2) is 17.2 Å². The summed E-state index contributed by atoms with van der Waals surface area (Å²) in [6.45, 7) is 0.123. The van der Waals surface area contributed by atoms with E-state index in [4.69, 9.17) is 9.47 Å². The van der Waals surface area contributed by atoms with Crippen molar-refractivity contribution in [3.8, 4) is 11.8 Å². The number of hydrogen-bond donors (Lipinski definition) is 0. The number of ether oxygens (including phenoxy) is 2. The zero-order valence-electron chi connectivity index (χ0n) is 13.2. The molecule has 1 saturated heterocycles. The Morgan fingerprint density at radius 3 is 2.76 bits per heavy atom. The van der Waals surface area contributed by atoms with Crippen molar-refractivity contribution in [2.75, 3.05) is 20.2 Å². The van der Waals surface area contributed by atoms with E-state index in [2.05, 4.69) is 9.97 Å². The van der Waals surface area contributed by atoms with Crippen LogP contribution in [0.2, 0.25) is 0 Å². The van der Waals surface area contributed by atoms with Crippen LogP contribution in [0.4, 0.5) is 8.78 Å². The highest BCUT2D eigenvalue weighted by Gasteiger charge is 2.35. The fraction of sp³-hybridized carbons (Fsp3) is 0.333. The minimum atomic E-state index is -4.15. The van der Waals surface area contributed by atoms with Crippen LogP contribution >= 0.6 is 0 Å². The van der Waals surface area contributed by atoms with E-state index in [1.54, 1.807) is 0 Å². The van der Waals surface area contributed by atoms with E-state index < -0.39 is 32.7 Å². The number of hydrogen-bond acceptors (Lipinski definition) is 6. The molecule has 1 fully saturated rings. The molecule has 3 rings (SSSR count). The van der Waals surface area contributed by atoms with E-state index in [1.165, 1.54) is 19.5 Å². The van der Waals surface area contributed by atoms with Crippen molar-refractivity contribution >= 4 is 10.0 Å². The first-order valence-corrected chi connectivity index (χ1v) is 8.82. The molecule has 0 aliphatic carbocycles. The Morgan fingerprint density at radius 1 is 1.24 bits per heavy atom. The van der Waals surface area contributed by atoms with Gasteiger partial charge in [-0.2, -0.15) is 9.29 Å². The van der Waals surface area contributed by atoms with Crippen molar-refractivity contribution in [1.82, 2.24) is 14.3 Å². The quantitative estimate of drug-likeness (QED) is 0.794. The first-order valence-electron chi connectivity index (χ1n) is 7.38. The van der Waals surface area contributed by atoms with Gasteiger partial charge < -0.3 is 9.47 Å². The summed E-state index contributed by atoms with van der Waals surface area (Å²) in [7, 11) is -2.72. The lowest BCUT2D eigenvalue weighted by Gasteiger charge is -2.17. The maximum Gasteiger partial charge on any atom is 0.246 e. The molecule has 25 heavy (non-hydrogen) atoms. The van der Waals surface area contributed by atoms with Crippen LogP contribution < -0.4 is 9.47 Å². The molecular weight excluding hydrogens is 356 g/mol. The predicted molar refractivity (Wildman–Crippen MR) is 82.7 cm³/mol. The summed E-state index contributed by atoms with van der Waals surface area (Å²) in [5, 5.41) is 0. The van der Waals surface area contributed by atoms with E-state index in [0.29, 0.717) is 12.5 Å². The first kappa shape index (κ1) is 17.5. The van der Waals surface area contributed by atoms with E-state index in [0.717, 1.165) is 16.4 Å². The molecule has 10 heteroatoms. The van der Waals surface area contributed by atoms with Gasteiger partial charge in [0.15, 0.2) is 0 Å². The number of aromatic nitrogens is 2. The number of rotatable bonds is 5. The summed E-state index contributed by atoms with van der Waals surface area (Å²) in [6.07, 6.45) is 2.69. The van der Waals surface area contributed by atoms with Gasteiger partial charge in [0.25, 0.3) is 0 Å². The molecule has 1 aliphatic rings. The van der Waals surface area contributed by atoms with Gasteiger partial charge in [0.1, 0.15) is 22.6 Å². The number of sulfonamides is 1. The van der Waals surface area contributed by atoms with Crippen molar-refractivity contribution < 1.29 is 26.7 Å². The normalized spacial score (nSPS) is 18.3. The molecule has 1 aliphatic heterocycles. The molecule has 2 aromatic rings. The zero-order chi connectivity index (χ0) is 18.0. The van der Waals surface area contributed by atoms with Crippen molar-refractivity contribution in [3.63, 3.8) is 0 Å². The lowest BCUT2D eigenvalue weighted by Crippen LogP contribution is -2.31. The van der Waals surface area contributed by atoms with Crippen LogP contribution in [0, 0.1) is 11.6 Å². The molecule has 134 valence electrons. The van der Waals surface area contributed by atoms with E-state index in [9.17, 15) is 17.2 Å². The summed E-state index contributed by atoms with van der Waals surface area (Å²) in [5.74, 6) is -1.36. The molecule has 0 radical (unpaired) electrons. The van der Waals surface area contributed by atoms with Gasteiger partial charge in [-0.3, -0.25) is 4.98 Å². The summed E-state index contributed by atoms with van der Waals surface area (Å²) in [4.78, 5) is 7.25. The van der Waals surface area contributed by atoms with Crippen LogP contribution in [0.5, 0.6) is 11.8 Å². The molecule has 2 heterocycles. The van der Waals surface area contributed by atoms with Gasteiger partial charge in [0.05, 0.1) is 26.0 Å². The monoisotopic (exact) mass is 371 g/mol. The highest BCUT2D eigenvalue weighted by molar-refractivity contribution is 7.89. The van der Waals surface area contributed by atoms with Crippen LogP contribution in [-0.4, -0.2) is 49.0 Å². The van der Waals surface area contributed by atoms with Crippen molar-refractivity contribution in [2.24, 2.45) is 0 Å². The van der Waals surface area contributed by atoms with Gasteiger partial charge in [-0.1, -0.05) is 0 Å². The lowest BCUT2D eigenvalue weighted by molar-refractivity contribution is 0.203. The first-order chi connectivity index (χ1) is 11.9. The Hall–Kier alpha value is -2.33. The topological polar surface area (TPSA) is 81.6 Å². The van der Waals surface area contributed by atoms with Gasteiger partial charge in [0.2, 0.25) is 21.8 Å². The van der Waals surface area contributed by atoms with Crippen LogP contribution in [0.1, 0.15) is 6.42 Å². The van der Waals surface area contributed by atoms with Crippen molar-refractivity contribution in [3.05, 3.63) is 42.2 Å². The molecule has 1 unspecified atom stereocenters. The number of nitrogens with zero attached hydrogens (tertiary/aromatic N) is 3. The average molecular weight is 371 g/mol. The Balaban J connectivity index is 1.74. The third-order valence-electron chi connectivity index (χ3n) is 3.71. The van der Waals surface area contributed by atoms with Crippen LogP contribution in [0.15, 0.2) is 35.5 Å². The summed E-state index contributed by atoms with van der Waals surface area (Å²) in [6, 6.07) is 2.33. The van der Waals surface area contributed by atoms with Gasteiger partial charge >= 0.3 is 0 Å². The van der Waals surface area contributed by atoms with Crippen molar-refractivity contribution in [2.45, 2.75) is 17.4 Å². The molecule has 0 saturated carbocycles. The maximum absolute atomic E-state index is 13.8. The molecule has 1 aromatic carbocycles. The number of benzene rings is 1. The zero-order valence-corrected chi connectivity index (χ0v) is 14.0.